The molecule has 0 unspecified atom stereocenters. The Labute approximate surface area is 121 Å². The van der Waals surface area contributed by atoms with Crippen LogP contribution in [0.2, 0.25) is 10.0 Å². The molecule has 1 heterocycles. The number of hydrogen-bond acceptors (Lipinski definition) is 2. The summed E-state index contributed by atoms with van der Waals surface area (Å²) in [7, 11) is 0. The Balaban J connectivity index is 1.93. The number of halogens is 2. The van der Waals surface area contributed by atoms with Gasteiger partial charge in [0.25, 0.3) is 0 Å². The summed E-state index contributed by atoms with van der Waals surface area (Å²) in [6.45, 7) is 0. The van der Waals surface area contributed by atoms with Crippen LogP contribution in [0.3, 0.4) is 0 Å². The van der Waals surface area contributed by atoms with Gasteiger partial charge in [-0.05, 0) is 42.3 Å². The smallest absolute Gasteiger partial charge is 0.224 e. The summed E-state index contributed by atoms with van der Waals surface area (Å²) in [6.07, 6.45) is 4.46. The van der Waals surface area contributed by atoms with Gasteiger partial charge in [0.2, 0.25) is 5.91 Å². The summed E-state index contributed by atoms with van der Waals surface area (Å²) in [6, 6.07) is 8.74. The lowest BCUT2D eigenvalue weighted by molar-refractivity contribution is -0.116. The lowest BCUT2D eigenvalue weighted by Gasteiger charge is -2.07. The number of benzene rings is 1. The third-order valence-electron chi connectivity index (χ3n) is 2.59. The van der Waals surface area contributed by atoms with E-state index in [-0.39, 0.29) is 5.91 Å². The van der Waals surface area contributed by atoms with Gasteiger partial charge in [-0.15, -0.1) is 0 Å². The van der Waals surface area contributed by atoms with Gasteiger partial charge in [-0.1, -0.05) is 23.2 Å². The van der Waals surface area contributed by atoms with Gasteiger partial charge < -0.3 is 5.32 Å². The van der Waals surface area contributed by atoms with E-state index in [0.717, 1.165) is 5.56 Å². The Kier molecular flexibility index (Phi) is 4.77. The van der Waals surface area contributed by atoms with Crippen LogP contribution in [0.25, 0.3) is 0 Å². The molecule has 3 nitrogen and oxygen atoms in total. The number of rotatable bonds is 4. The van der Waals surface area contributed by atoms with Crippen LogP contribution in [0.4, 0.5) is 5.69 Å². The topological polar surface area (TPSA) is 42.0 Å². The first kappa shape index (κ1) is 13.8. The molecule has 0 bridgehead atoms. The van der Waals surface area contributed by atoms with E-state index in [0.29, 0.717) is 28.6 Å². The predicted molar refractivity (Wildman–Crippen MR) is 77.6 cm³/mol. The SMILES string of the molecule is O=C(CCc1ccncc1)Nc1cc(Cl)ccc1Cl. The van der Waals surface area contributed by atoms with Crippen molar-refractivity contribution >= 4 is 34.8 Å². The molecule has 1 N–H and O–H groups in total. The average Bonchev–Trinajstić information content (AvgIpc) is 2.42. The average molecular weight is 295 g/mol. The fourth-order valence-corrected chi connectivity index (χ4v) is 1.95. The zero-order valence-corrected chi connectivity index (χ0v) is 11.6. The van der Waals surface area contributed by atoms with Gasteiger partial charge in [-0.2, -0.15) is 0 Å². The predicted octanol–water partition coefficient (Wildman–Crippen LogP) is 3.96. The molecule has 1 aromatic carbocycles. The van der Waals surface area contributed by atoms with Crippen molar-refractivity contribution in [3.8, 4) is 0 Å². The molecule has 0 aliphatic carbocycles. The van der Waals surface area contributed by atoms with Crippen LogP contribution in [0, 0.1) is 0 Å². The molecular formula is C14H12Cl2N2O. The Morgan fingerprint density at radius 3 is 2.63 bits per heavy atom. The van der Waals surface area contributed by atoms with E-state index in [1.165, 1.54) is 0 Å². The number of pyridine rings is 1. The van der Waals surface area contributed by atoms with Crippen molar-refractivity contribution in [1.29, 1.82) is 0 Å². The zero-order chi connectivity index (χ0) is 13.7. The first-order valence-corrected chi connectivity index (χ1v) is 6.54. The van der Waals surface area contributed by atoms with Gasteiger partial charge >= 0.3 is 0 Å². The van der Waals surface area contributed by atoms with Crippen molar-refractivity contribution in [3.05, 3.63) is 58.3 Å². The van der Waals surface area contributed by atoms with Crippen LogP contribution in [0.5, 0.6) is 0 Å². The highest BCUT2D eigenvalue weighted by molar-refractivity contribution is 6.35. The number of aromatic nitrogens is 1. The molecule has 5 heteroatoms. The third kappa shape index (κ3) is 4.23. The maximum Gasteiger partial charge on any atom is 0.224 e. The zero-order valence-electron chi connectivity index (χ0n) is 10.1. The quantitative estimate of drug-likeness (QED) is 0.927. The number of hydrogen-bond donors (Lipinski definition) is 1. The molecule has 0 saturated heterocycles. The summed E-state index contributed by atoms with van der Waals surface area (Å²) < 4.78 is 0. The first-order chi connectivity index (χ1) is 9.15. The summed E-state index contributed by atoms with van der Waals surface area (Å²) in [4.78, 5) is 15.7. The normalized spacial score (nSPS) is 10.2. The van der Waals surface area contributed by atoms with E-state index in [1.54, 1.807) is 30.6 Å². The highest BCUT2D eigenvalue weighted by Gasteiger charge is 2.06. The lowest BCUT2D eigenvalue weighted by atomic mass is 10.1. The monoisotopic (exact) mass is 294 g/mol. The van der Waals surface area contributed by atoms with Crippen molar-refractivity contribution in [3.63, 3.8) is 0 Å². The van der Waals surface area contributed by atoms with E-state index in [9.17, 15) is 4.79 Å². The minimum Gasteiger partial charge on any atom is -0.325 e. The molecule has 0 spiro atoms. The molecule has 2 rings (SSSR count). The van der Waals surface area contributed by atoms with Crippen LogP contribution in [-0.4, -0.2) is 10.9 Å². The number of amides is 1. The maximum absolute atomic E-state index is 11.8. The fourth-order valence-electron chi connectivity index (χ4n) is 1.61. The van der Waals surface area contributed by atoms with E-state index in [2.05, 4.69) is 10.3 Å². The van der Waals surface area contributed by atoms with Gasteiger partial charge in [0, 0.05) is 23.8 Å². The number of nitrogens with zero attached hydrogens (tertiary/aromatic N) is 1. The summed E-state index contributed by atoms with van der Waals surface area (Å²) in [5, 5.41) is 3.76. The fraction of sp³-hybridized carbons (Fsp3) is 0.143. The van der Waals surface area contributed by atoms with Crippen LogP contribution < -0.4 is 5.32 Å². The molecule has 0 atom stereocenters. The molecule has 1 amide bonds. The first-order valence-electron chi connectivity index (χ1n) is 5.79. The van der Waals surface area contributed by atoms with E-state index >= 15 is 0 Å². The summed E-state index contributed by atoms with van der Waals surface area (Å²) in [5.41, 5.74) is 1.61. The van der Waals surface area contributed by atoms with Gasteiger partial charge in [0.15, 0.2) is 0 Å². The minimum absolute atomic E-state index is 0.0963. The minimum atomic E-state index is -0.0963. The molecule has 1 aromatic heterocycles. The molecular weight excluding hydrogens is 283 g/mol. The number of nitrogens with one attached hydrogen (secondary N) is 1. The van der Waals surface area contributed by atoms with Crippen molar-refractivity contribution in [2.75, 3.05) is 5.32 Å². The highest BCUT2D eigenvalue weighted by atomic mass is 35.5. The molecule has 98 valence electrons. The van der Waals surface area contributed by atoms with Gasteiger partial charge in [-0.25, -0.2) is 0 Å². The van der Waals surface area contributed by atoms with E-state index in [1.807, 2.05) is 12.1 Å². The third-order valence-corrected chi connectivity index (χ3v) is 3.16. The second-order valence-corrected chi connectivity index (χ2v) is 4.87. The van der Waals surface area contributed by atoms with Crippen LogP contribution in [0.1, 0.15) is 12.0 Å². The largest absolute Gasteiger partial charge is 0.325 e. The van der Waals surface area contributed by atoms with Crippen LogP contribution in [-0.2, 0) is 11.2 Å². The lowest BCUT2D eigenvalue weighted by Crippen LogP contribution is -2.12. The number of aryl methyl sites for hydroxylation is 1. The van der Waals surface area contributed by atoms with E-state index < -0.39 is 0 Å². The van der Waals surface area contributed by atoms with Crippen molar-refractivity contribution < 1.29 is 4.79 Å². The molecule has 19 heavy (non-hydrogen) atoms. The van der Waals surface area contributed by atoms with E-state index in [4.69, 9.17) is 23.2 Å². The standard InChI is InChI=1S/C14H12Cl2N2O/c15-11-2-3-12(16)13(9-11)18-14(19)4-1-10-5-7-17-8-6-10/h2-3,5-9H,1,4H2,(H,18,19). The number of carbonyl (C=O) groups is 1. The molecule has 0 aliphatic rings. The summed E-state index contributed by atoms with van der Waals surface area (Å²) >= 11 is 11.8. The Hall–Kier alpha value is -1.58. The Morgan fingerprint density at radius 1 is 1.16 bits per heavy atom. The molecule has 0 aliphatic heterocycles. The van der Waals surface area contributed by atoms with Gasteiger partial charge in [0.05, 0.1) is 10.7 Å². The second-order valence-electron chi connectivity index (χ2n) is 4.03. The second kappa shape index (κ2) is 6.55. The number of carbonyl (C=O) groups excluding carboxylic acids is 1. The van der Waals surface area contributed by atoms with Gasteiger partial charge in [-0.3, -0.25) is 9.78 Å². The van der Waals surface area contributed by atoms with Crippen LogP contribution >= 0.6 is 23.2 Å². The maximum atomic E-state index is 11.8. The van der Waals surface area contributed by atoms with Gasteiger partial charge in [0.1, 0.15) is 0 Å². The summed E-state index contributed by atoms with van der Waals surface area (Å²) in [5.74, 6) is -0.0963. The molecule has 0 radical (unpaired) electrons. The Bertz CT molecular complexity index is 573. The number of anilines is 1. The van der Waals surface area contributed by atoms with Crippen molar-refractivity contribution in [2.24, 2.45) is 0 Å². The highest BCUT2D eigenvalue weighted by Crippen LogP contribution is 2.25. The van der Waals surface area contributed by atoms with Crippen molar-refractivity contribution in [2.45, 2.75) is 12.8 Å². The molecule has 0 saturated carbocycles. The van der Waals surface area contributed by atoms with Crippen molar-refractivity contribution in [1.82, 2.24) is 4.98 Å². The van der Waals surface area contributed by atoms with Crippen LogP contribution in [0.15, 0.2) is 42.7 Å². The molecule has 2 aromatic rings. The molecule has 0 fully saturated rings. The Morgan fingerprint density at radius 2 is 1.89 bits per heavy atom.